The lowest BCUT2D eigenvalue weighted by molar-refractivity contribution is -0.119. The molecular weight excluding hydrogens is 216 g/mol. The monoisotopic (exact) mass is 234 g/mol. The number of amides is 2. The molecule has 0 radical (unpaired) electrons. The van der Waals surface area contributed by atoms with E-state index < -0.39 is 0 Å². The van der Waals surface area contributed by atoms with Gasteiger partial charge in [-0.3, -0.25) is 9.59 Å². The zero-order valence-corrected chi connectivity index (χ0v) is 10.1. The fraction of sp³-hybridized carbons (Fsp3) is 0.385. The lowest BCUT2D eigenvalue weighted by Crippen LogP contribution is -2.25. The molecule has 17 heavy (non-hydrogen) atoms. The number of allylic oxidation sites excluding steroid dienone is 2. The number of hydrogen-bond donors (Lipinski definition) is 2. The molecule has 0 bridgehead atoms. The predicted molar refractivity (Wildman–Crippen MR) is 67.3 cm³/mol. The van der Waals surface area contributed by atoms with Crippen LogP contribution in [0.25, 0.3) is 0 Å². The van der Waals surface area contributed by atoms with Crippen molar-refractivity contribution in [2.24, 2.45) is 0 Å². The van der Waals surface area contributed by atoms with Gasteiger partial charge in [0, 0.05) is 25.1 Å². The van der Waals surface area contributed by atoms with Crippen LogP contribution in [-0.4, -0.2) is 24.9 Å². The number of rotatable bonds is 5. The van der Waals surface area contributed by atoms with Gasteiger partial charge in [-0.1, -0.05) is 25.7 Å². The first-order valence-corrected chi connectivity index (χ1v) is 5.74. The predicted octanol–water partition coefficient (Wildman–Crippen LogP) is 1.07. The zero-order chi connectivity index (χ0) is 12.7. The van der Waals surface area contributed by atoms with Crippen molar-refractivity contribution in [1.29, 1.82) is 0 Å². The van der Waals surface area contributed by atoms with Crippen LogP contribution < -0.4 is 10.6 Å². The third kappa shape index (κ3) is 4.26. The Bertz CT molecular complexity index is 381. The molecule has 1 aliphatic rings. The normalized spacial score (nSPS) is 18.1. The second-order valence-electron chi connectivity index (χ2n) is 3.87. The Morgan fingerprint density at radius 3 is 2.88 bits per heavy atom. The molecule has 1 fully saturated rings. The standard InChI is InChI=1S/C13H18N2O2/c1-3-5-11(13(17)14-6-4-2)7-10-8-12(16)15-9-10/h3,5,7H,1,4,6,8-9H2,2H3,(H,14,17)(H,15,16). The first-order chi connectivity index (χ1) is 8.17. The lowest BCUT2D eigenvalue weighted by Gasteiger charge is -2.04. The summed E-state index contributed by atoms with van der Waals surface area (Å²) in [7, 11) is 0. The van der Waals surface area contributed by atoms with Gasteiger partial charge < -0.3 is 10.6 Å². The molecule has 0 spiro atoms. The van der Waals surface area contributed by atoms with Crippen molar-refractivity contribution in [1.82, 2.24) is 10.6 Å². The van der Waals surface area contributed by atoms with Gasteiger partial charge >= 0.3 is 0 Å². The Hall–Kier alpha value is -1.84. The van der Waals surface area contributed by atoms with E-state index in [1.165, 1.54) is 0 Å². The first kappa shape index (κ1) is 13.2. The number of hydrogen-bond acceptors (Lipinski definition) is 2. The highest BCUT2D eigenvalue weighted by Crippen LogP contribution is 2.11. The first-order valence-electron chi connectivity index (χ1n) is 5.74. The van der Waals surface area contributed by atoms with E-state index in [0.29, 0.717) is 25.1 Å². The molecule has 1 rings (SSSR count). The highest BCUT2D eigenvalue weighted by molar-refractivity contribution is 5.97. The summed E-state index contributed by atoms with van der Waals surface area (Å²) in [5.41, 5.74) is 1.47. The fourth-order valence-corrected chi connectivity index (χ4v) is 1.52. The van der Waals surface area contributed by atoms with Crippen LogP contribution in [-0.2, 0) is 9.59 Å². The molecular formula is C13H18N2O2. The quantitative estimate of drug-likeness (QED) is 0.552. The molecule has 0 aromatic heterocycles. The Morgan fingerprint density at radius 2 is 2.35 bits per heavy atom. The molecule has 4 nitrogen and oxygen atoms in total. The average molecular weight is 234 g/mol. The summed E-state index contributed by atoms with van der Waals surface area (Å²) in [6.07, 6.45) is 6.24. The molecule has 0 unspecified atom stereocenters. The number of carbonyl (C=O) groups is 2. The average Bonchev–Trinajstić information content (AvgIpc) is 2.71. The van der Waals surface area contributed by atoms with E-state index in [1.54, 1.807) is 18.2 Å². The van der Waals surface area contributed by atoms with Gasteiger partial charge in [0.25, 0.3) is 5.91 Å². The summed E-state index contributed by atoms with van der Waals surface area (Å²) in [4.78, 5) is 22.8. The third-order valence-electron chi connectivity index (χ3n) is 2.36. The lowest BCUT2D eigenvalue weighted by atomic mass is 10.1. The topological polar surface area (TPSA) is 58.2 Å². The van der Waals surface area contributed by atoms with Crippen molar-refractivity contribution < 1.29 is 9.59 Å². The molecule has 0 aromatic carbocycles. The molecule has 4 heteroatoms. The Balaban J connectivity index is 2.73. The molecule has 0 atom stereocenters. The summed E-state index contributed by atoms with van der Waals surface area (Å²) in [5.74, 6) is -0.123. The molecule has 1 heterocycles. The Labute approximate surface area is 101 Å². The van der Waals surface area contributed by atoms with Gasteiger partial charge in [0.05, 0.1) is 0 Å². The highest BCUT2D eigenvalue weighted by atomic mass is 16.2. The van der Waals surface area contributed by atoms with Crippen LogP contribution in [0.5, 0.6) is 0 Å². The van der Waals surface area contributed by atoms with E-state index >= 15 is 0 Å². The second-order valence-corrected chi connectivity index (χ2v) is 3.87. The van der Waals surface area contributed by atoms with Gasteiger partial charge in [-0.2, -0.15) is 0 Å². The number of nitrogens with one attached hydrogen (secondary N) is 2. The molecule has 1 aliphatic heterocycles. The van der Waals surface area contributed by atoms with Crippen LogP contribution in [0.15, 0.2) is 36.0 Å². The SMILES string of the molecule is C=CC=C(C=C1CNC(=O)C1)C(=O)NCCC. The third-order valence-corrected chi connectivity index (χ3v) is 2.36. The minimum Gasteiger partial charge on any atom is -0.352 e. The van der Waals surface area contributed by atoms with Crippen LogP contribution in [0, 0.1) is 0 Å². The van der Waals surface area contributed by atoms with Crippen LogP contribution in [0.3, 0.4) is 0 Å². The van der Waals surface area contributed by atoms with E-state index in [-0.39, 0.29) is 11.8 Å². The van der Waals surface area contributed by atoms with Crippen LogP contribution in [0.1, 0.15) is 19.8 Å². The summed E-state index contributed by atoms with van der Waals surface area (Å²) in [6, 6.07) is 0. The van der Waals surface area contributed by atoms with E-state index in [0.717, 1.165) is 12.0 Å². The van der Waals surface area contributed by atoms with E-state index in [9.17, 15) is 9.59 Å². The van der Waals surface area contributed by atoms with Gasteiger partial charge in [0.1, 0.15) is 0 Å². The van der Waals surface area contributed by atoms with Gasteiger partial charge in [-0.25, -0.2) is 0 Å². The van der Waals surface area contributed by atoms with Gasteiger partial charge in [0.2, 0.25) is 5.91 Å². The van der Waals surface area contributed by atoms with E-state index in [4.69, 9.17) is 0 Å². The largest absolute Gasteiger partial charge is 0.352 e. The van der Waals surface area contributed by atoms with Crippen LogP contribution >= 0.6 is 0 Å². The van der Waals surface area contributed by atoms with Gasteiger partial charge in [-0.15, -0.1) is 0 Å². The number of carbonyl (C=O) groups excluding carboxylic acids is 2. The maximum Gasteiger partial charge on any atom is 0.251 e. The van der Waals surface area contributed by atoms with Gasteiger partial charge in [0.15, 0.2) is 0 Å². The summed E-state index contributed by atoms with van der Waals surface area (Å²) < 4.78 is 0. The maximum atomic E-state index is 11.8. The van der Waals surface area contributed by atoms with Crippen molar-refractivity contribution in [3.8, 4) is 0 Å². The molecule has 2 N–H and O–H groups in total. The summed E-state index contributed by atoms with van der Waals surface area (Å²) in [5, 5.41) is 5.50. The molecule has 0 saturated carbocycles. The van der Waals surface area contributed by atoms with Crippen molar-refractivity contribution in [3.63, 3.8) is 0 Å². The second kappa shape index (κ2) is 6.68. The summed E-state index contributed by atoms with van der Waals surface area (Å²) >= 11 is 0. The molecule has 1 saturated heterocycles. The Morgan fingerprint density at radius 1 is 1.59 bits per heavy atom. The van der Waals surface area contributed by atoms with E-state index in [1.807, 2.05) is 6.92 Å². The Kier molecular flexibility index (Phi) is 5.20. The van der Waals surface area contributed by atoms with Crippen molar-refractivity contribution in [3.05, 3.63) is 36.0 Å². The van der Waals surface area contributed by atoms with Crippen LogP contribution in [0.2, 0.25) is 0 Å². The minimum atomic E-state index is -0.126. The van der Waals surface area contributed by atoms with Crippen LogP contribution in [0.4, 0.5) is 0 Å². The molecule has 0 aromatic rings. The van der Waals surface area contributed by atoms with Crippen molar-refractivity contribution in [2.75, 3.05) is 13.1 Å². The molecule has 0 aliphatic carbocycles. The maximum absolute atomic E-state index is 11.8. The van der Waals surface area contributed by atoms with E-state index in [2.05, 4.69) is 17.2 Å². The minimum absolute atomic E-state index is 0.00293. The molecule has 2 amide bonds. The highest BCUT2D eigenvalue weighted by Gasteiger charge is 2.15. The van der Waals surface area contributed by atoms with Crippen molar-refractivity contribution >= 4 is 11.8 Å². The molecule has 92 valence electrons. The fourth-order valence-electron chi connectivity index (χ4n) is 1.52. The zero-order valence-electron chi connectivity index (χ0n) is 10.1. The van der Waals surface area contributed by atoms with Gasteiger partial charge in [-0.05, 0) is 18.1 Å². The summed E-state index contributed by atoms with van der Waals surface area (Å²) in [6.45, 7) is 6.75. The van der Waals surface area contributed by atoms with Crippen molar-refractivity contribution in [2.45, 2.75) is 19.8 Å². The smallest absolute Gasteiger partial charge is 0.251 e.